The number of amides is 1. The number of anilines is 2. The summed E-state index contributed by atoms with van der Waals surface area (Å²) < 4.78 is 18.8. The van der Waals surface area contributed by atoms with Crippen LogP contribution in [0.15, 0.2) is 66.7 Å². The maximum atomic E-state index is 13.5. The van der Waals surface area contributed by atoms with E-state index in [0.29, 0.717) is 17.1 Å². The van der Waals surface area contributed by atoms with Gasteiger partial charge in [0.15, 0.2) is 0 Å². The van der Waals surface area contributed by atoms with Crippen LogP contribution in [-0.4, -0.2) is 13.0 Å². The van der Waals surface area contributed by atoms with Crippen LogP contribution < -0.4 is 15.4 Å². The van der Waals surface area contributed by atoms with Gasteiger partial charge in [-0.25, -0.2) is 4.39 Å². The van der Waals surface area contributed by atoms with E-state index in [1.807, 2.05) is 49.4 Å². The van der Waals surface area contributed by atoms with Crippen molar-refractivity contribution in [3.63, 3.8) is 0 Å². The van der Waals surface area contributed by atoms with Gasteiger partial charge < -0.3 is 15.4 Å². The fraction of sp³-hybridized carbons (Fsp3) is 0.136. The first-order valence-electron chi connectivity index (χ1n) is 8.70. The lowest BCUT2D eigenvalue weighted by Gasteiger charge is -2.21. The molecule has 1 amide bonds. The second kappa shape index (κ2) is 8.76. The summed E-state index contributed by atoms with van der Waals surface area (Å²) in [5.74, 6) is -0.233. The van der Waals surface area contributed by atoms with Crippen LogP contribution in [0.1, 0.15) is 17.2 Å². The molecule has 0 heterocycles. The van der Waals surface area contributed by atoms with Crippen LogP contribution in [0.5, 0.6) is 5.75 Å². The molecule has 0 aliphatic heterocycles. The Morgan fingerprint density at radius 1 is 1.07 bits per heavy atom. The predicted molar refractivity (Wildman–Crippen MR) is 111 cm³/mol. The summed E-state index contributed by atoms with van der Waals surface area (Å²) in [5.41, 5.74) is 2.86. The lowest BCUT2D eigenvalue weighted by Crippen LogP contribution is -2.27. The van der Waals surface area contributed by atoms with Gasteiger partial charge in [0, 0.05) is 5.69 Å². The van der Waals surface area contributed by atoms with Gasteiger partial charge >= 0.3 is 0 Å². The lowest BCUT2D eigenvalue weighted by atomic mass is 10.1. The molecule has 0 saturated carbocycles. The van der Waals surface area contributed by atoms with Crippen molar-refractivity contribution in [2.24, 2.45) is 0 Å². The first-order valence-corrected chi connectivity index (χ1v) is 9.08. The van der Waals surface area contributed by atoms with Gasteiger partial charge in [0.25, 0.3) is 5.91 Å². The molecule has 0 aromatic heterocycles. The molecule has 4 nitrogen and oxygen atoms in total. The topological polar surface area (TPSA) is 50.4 Å². The van der Waals surface area contributed by atoms with E-state index in [1.165, 1.54) is 18.2 Å². The van der Waals surface area contributed by atoms with E-state index in [4.69, 9.17) is 16.3 Å². The highest BCUT2D eigenvalue weighted by Crippen LogP contribution is 2.29. The summed E-state index contributed by atoms with van der Waals surface area (Å²) in [4.78, 5) is 13.1. The zero-order chi connectivity index (χ0) is 20.1. The molecule has 3 rings (SSSR count). The molecule has 0 saturated heterocycles. The van der Waals surface area contributed by atoms with Crippen molar-refractivity contribution in [3.05, 3.63) is 88.7 Å². The minimum Gasteiger partial charge on any atom is -0.495 e. The Morgan fingerprint density at radius 2 is 1.82 bits per heavy atom. The minimum absolute atomic E-state index is 0.0161. The number of hydrogen-bond donors (Lipinski definition) is 2. The molecule has 0 radical (unpaired) electrons. The molecular weight excluding hydrogens is 379 g/mol. The molecule has 3 aromatic rings. The van der Waals surface area contributed by atoms with E-state index < -0.39 is 11.9 Å². The molecule has 0 aliphatic rings. The number of methoxy groups -OCH3 is 1. The smallest absolute Gasteiger partial charge is 0.251 e. The van der Waals surface area contributed by atoms with E-state index >= 15 is 0 Å². The average Bonchev–Trinajstić information content (AvgIpc) is 2.69. The molecule has 0 bridgehead atoms. The fourth-order valence-corrected chi connectivity index (χ4v) is 3.00. The van der Waals surface area contributed by atoms with Crippen molar-refractivity contribution >= 4 is 28.9 Å². The maximum Gasteiger partial charge on any atom is 0.251 e. The van der Waals surface area contributed by atoms with Gasteiger partial charge in [-0.1, -0.05) is 48.0 Å². The molecule has 2 N–H and O–H groups in total. The second-order valence-electron chi connectivity index (χ2n) is 6.31. The van der Waals surface area contributed by atoms with Gasteiger partial charge in [0.1, 0.15) is 17.6 Å². The molecule has 144 valence electrons. The van der Waals surface area contributed by atoms with Crippen LogP contribution >= 0.6 is 11.6 Å². The Morgan fingerprint density at radius 3 is 2.50 bits per heavy atom. The minimum atomic E-state index is -0.715. The highest BCUT2D eigenvalue weighted by molar-refractivity contribution is 6.31. The summed E-state index contributed by atoms with van der Waals surface area (Å²) in [7, 11) is 1.55. The summed E-state index contributed by atoms with van der Waals surface area (Å²) in [6.45, 7) is 1.93. The van der Waals surface area contributed by atoms with Crippen LogP contribution in [-0.2, 0) is 4.79 Å². The van der Waals surface area contributed by atoms with Crippen molar-refractivity contribution in [2.45, 2.75) is 13.0 Å². The zero-order valence-electron chi connectivity index (χ0n) is 15.5. The Balaban J connectivity index is 1.91. The zero-order valence-corrected chi connectivity index (χ0v) is 16.3. The van der Waals surface area contributed by atoms with Crippen LogP contribution in [0.25, 0.3) is 0 Å². The highest BCUT2D eigenvalue weighted by Gasteiger charge is 2.22. The van der Waals surface area contributed by atoms with Gasteiger partial charge in [-0.05, 0) is 48.4 Å². The molecule has 0 spiro atoms. The number of carbonyl (C=O) groups excluding carboxylic acids is 1. The number of halogens is 2. The van der Waals surface area contributed by atoms with Crippen LogP contribution in [0.4, 0.5) is 15.8 Å². The van der Waals surface area contributed by atoms with Crippen molar-refractivity contribution < 1.29 is 13.9 Å². The average molecular weight is 399 g/mol. The van der Waals surface area contributed by atoms with Gasteiger partial charge in [-0.2, -0.15) is 0 Å². The monoisotopic (exact) mass is 398 g/mol. The first-order chi connectivity index (χ1) is 13.5. The Labute approximate surface area is 168 Å². The molecule has 28 heavy (non-hydrogen) atoms. The van der Waals surface area contributed by atoms with E-state index in [0.717, 1.165) is 11.1 Å². The lowest BCUT2D eigenvalue weighted by molar-refractivity contribution is -0.117. The number of nitrogens with one attached hydrogen (secondary N) is 2. The van der Waals surface area contributed by atoms with Gasteiger partial charge in [0.05, 0.1) is 17.8 Å². The van der Waals surface area contributed by atoms with Crippen molar-refractivity contribution in [2.75, 3.05) is 17.7 Å². The number of ether oxygens (including phenoxy) is 1. The largest absolute Gasteiger partial charge is 0.495 e. The maximum absolute atomic E-state index is 13.5. The fourth-order valence-electron chi connectivity index (χ4n) is 2.82. The Hall–Kier alpha value is -3.05. The van der Waals surface area contributed by atoms with E-state index in [9.17, 15) is 9.18 Å². The van der Waals surface area contributed by atoms with E-state index in [2.05, 4.69) is 10.6 Å². The molecule has 0 unspecified atom stereocenters. The third-order valence-electron chi connectivity index (χ3n) is 4.24. The molecule has 3 aromatic carbocycles. The van der Waals surface area contributed by atoms with Gasteiger partial charge in [-0.15, -0.1) is 0 Å². The van der Waals surface area contributed by atoms with Crippen molar-refractivity contribution in [1.29, 1.82) is 0 Å². The standard InChI is InChI=1S/C22H20ClFN2O2/c1-14-8-11-20(28-2)19(12-14)26-22(27)21(15-6-4-3-5-7-15)25-16-9-10-18(24)17(23)13-16/h3-13,21,25H,1-2H3,(H,26,27)/t21-/m0/s1. The van der Waals surface area contributed by atoms with E-state index in [-0.39, 0.29) is 10.9 Å². The third-order valence-corrected chi connectivity index (χ3v) is 4.53. The van der Waals surface area contributed by atoms with Gasteiger partial charge in [0.2, 0.25) is 0 Å². The number of aryl methyl sites for hydroxylation is 1. The molecule has 0 fully saturated rings. The summed E-state index contributed by atoms with van der Waals surface area (Å²) in [6.07, 6.45) is 0. The second-order valence-corrected chi connectivity index (χ2v) is 6.72. The van der Waals surface area contributed by atoms with Crippen molar-refractivity contribution in [1.82, 2.24) is 0 Å². The molecule has 6 heteroatoms. The van der Waals surface area contributed by atoms with Gasteiger partial charge in [-0.3, -0.25) is 4.79 Å². The number of rotatable bonds is 6. The molecule has 1 atom stereocenters. The Kier molecular flexibility index (Phi) is 6.16. The van der Waals surface area contributed by atoms with Crippen LogP contribution in [0, 0.1) is 12.7 Å². The summed E-state index contributed by atoms with van der Waals surface area (Å²) >= 11 is 5.88. The van der Waals surface area contributed by atoms with E-state index in [1.54, 1.807) is 13.2 Å². The van der Waals surface area contributed by atoms with Crippen molar-refractivity contribution in [3.8, 4) is 5.75 Å². The normalized spacial score (nSPS) is 11.6. The molecule has 0 aliphatic carbocycles. The predicted octanol–water partition coefficient (Wildman–Crippen LogP) is 5.59. The number of hydrogen-bond acceptors (Lipinski definition) is 3. The SMILES string of the molecule is COc1ccc(C)cc1NC(=O)[C@@H](Nc1ccc(F)c(Cl)c1)c1ccccc1. The first kappa shape index (κ1) is 19.7. The summed E-state index contributed by atoms with van der Waals surface area (Å²) in [6, 6.07) is 18.3. The molecular formula is C22H20ClFN2O2. The highest BCUT2D eigenvalue weighted by atomic mass is 35.5. The van der Waals surface area contributed by atoms with Crippen LogP contribution in [0.2, 0.25) is 5.02 Å². The Bertz CT molecular complexity index is 980. The van der Waals surface area contributed by atoms with Crippen LogP contribution in [0.3, 0.4) is 0 Å². The quantitative estimate of drug-likeness (QED) is 0.569. The summed E-state index contributed by atoms with van der Waals surface area (Å²) in [5, 5.41) is 6.03. The third kappa shape index (κ3) is 4.61. The number of benzene rings is 3. The number of carbonyl (C=O) groups is 1.